The van der Waals surface area contributed by atoms with Crippen LogP contribution in [-0.4, -0.2) is 17.4 Å². The van der Waals surface area contributed by atoms with Gasteiger partial charge in [-0.25, -0.2) is 0 Å². The number of nitrogens with zero attached hydrogens (tertiary/aromatic N) is 1. The van der Waals surface area contributed by atoms with Gasteiger partial charge in [-0.1, -0.05) is 60.3 Å². The summed E-state index contributed by atoms with van der Waals surface area (Å²) in [7, 11) is 0. The predicted molar refractivity (Wildman–Crippen MR) is 102 cm³/mol. The van der Waals surface area contributed by atoms with E-state index < -0.39 is 0 Å². The van der Waals surface area contributed by atoms with Crippen molar-refractivity contribution < 1.29 is 9.59 Å². The van der Waals surface area contributed by atoms with Crippen molar-refractivity contribution in [3.63, 3.8) is 0 Å². The van der Waals surface area contributed by atoms with Crippen LogP contribution in [0.25, 0.3) is 6.08 Å². The molecule has 2 fully saturated rings. The van der Waals surface area contributed by atoms with Gasteiger partial charge in [0.15, 0.2) is 5.78 Å². The number of carbonyl (C=O) groups is 2. The lowest BCUT2D eigenvalue weighted by atomic mass is 10.1. The number of rotatable bonds is 2. The molecular formula is C21H17NO2S. The Morgan fingerprint density at radius 2 is 1.56 bits per heavy atom. The van der Waals surface area contributed by atoms with Gasteiger partial charge in [0, 0.05) is 16.8 Å². The molecule has 2 aromatic rings. The molecule has 0 bridgehead atoms. The summed E-state index contributed by atoms with van der Waals surface area (Å²) in [4.78, 5) is 27.0. The van der Waals surface area contributed by atoms with Gasteiger partial charge in [-0.15, -0.1) is 0 Å². The Bertz CT molecular complexity index is 885. The molecule has 0 atom stereocenters. The number of ketones is 1. The van der Waals surface area contributed by atoms with Gasteiger partial charge in [-0.05, 0) is 36.6 Å². The van der Waals surface area contributed by atoms with Gasteiger partial charge >= 0.3 is 0 Å². The largest absolute Gasteiger partial charge is 0.289 e. The van der Waals surface area contributed by atoms with Crippen LogP contribution in [0.15, 0.2) is 76.8 Å². The standard InChI is InChI=1S/C21H17NO2S/c23-19-14-25-21(22(19)17-9-5-2-6-10-17)18-12-11-16(20(18)24)13-15-7-3-1-4-8-15/h1-10,13H,11-12,14H2/b16-13+,21-18?. The Morgan fingerprint density at radius 1 is 0.880 bits per heavy atom. The molecule has 25 heavy (non-hydrogen) atoms. The van der Waals surface area contributed by atoms with Crippen molar-refractivity contribution in [3.8, 4) is 0 Å². The van der Waals surface area contributed by atoms with E-state index in [1.54, 1.807) is 4.90 Å². The highest BCUT2D eigenvalue weighted by Gasteiger charge is 2.35. The van der Waals surface area contributed by atoms with Crippen molar-refractivity contribution in [2.75, 3.05) is 10.7 Å². The molecule has 1 aliphatic heterocycles. The molecule has 0 radical (unpaired) electrons. The average molecular weight is 347 g/mol. The Hall–Kier alpha value is -2.59. The second-order valence-corrected chi connectivity index (χ2v) is 7.01. The Balaban J connectivity index is 1.70. The molecule has 3 nitrogen and oxygen atoms in total. The van der Waals surface area contributed by atoms with Gasteiger partial charge in [0.25, 0.3) is 0 Å². The van der Waals surface area contributed by atoms with E-state index in [1.807, 2.05) is 66.7 Å². The number of hydrogen-bond acceptors (Lipinski definition) is 3. The third-order valence-electron chi connectivity index (χ3n) is 4.41. The molecule has 0 N–H and O–H groups in total. The van der Waals surface area contributed by atoms with Crippen LogP contribution in [0.3, 0.4) is 0 Å². The third-order valence-corrected chi connectivity index (χ3v) is 5.50. The van der Waals surface area contributed by atoms with Gasteiger partial charge in [-0.3, -0.25) is 14.5 Å². The predicted octanol–water partition coefficient (Wildman–Crippen LogP) is 4.42. The minimum Gasteiger partial charge on any atom is -0.289 e. The molecular weight excluding hydrogens is 330 g/mol. The fourth-order valence-electron chi connectivity index (χ4n) is 3.21. The molecule has 0 aromatic heterocycles. The van der Waals surface area contributed by atoms with E-state index in [9.17, 15) is 9.59 Å². The molecule has 0 unspecified atom stereocenters. The van der Waals surface area contributed by atoms with Crippen LogP contribution in [0.1, 0.15) is 18.4 Å². The fraction of sp³-hybridized carbons (Fsp3) is 0.143. The maximum Gasteiger partial charge on any atom is 0.242 e. The molecule has 2 aliphatic rings. The highest BCUT2D eigenvalue weighted by atomic mass is 32.2. The minimum atomic E-state index is 0.0342. The van der Waals surface area contributed by atoms with E-state index in [-0.39, 0.29) is 11.7 Å². The molecule has 4 heteroatoms. The SMILES string of the molecule is O=C1C(=C2SCC(=O)N2c2ccccc2)CC/C1=C\c1ccccc1. The highest BCUT2D eigenvalue weighted by molar-refractivity contribution is 8.04. The summed E-state index contributed by atoms with van der Waals surface area (Å²) in [6.45, 7) is 0. The van der Waals surface area contributed by atoms with Crippen molar-refractivity contribution in [1.82, 2.24) is 0 Å². The number of anilines is 1. The Labute approximate surface area is 151 Å². The van der Waals surface area contributed by atoms with Crippen LogP contribution in [0, 0.1) is 0 Å². The summed E-state index contributed by atoms with van der Waals surface area (Å²) in [5, 5.41) is 0.803. The summed E-state index contributed by atoms with van der Waals surface area (Å²) in [6.07, 6.45) is 3.38. The normalized spacial score (nSPS) is 22.2. The number of Topliss-reactive ketones (excluding diaryl/α,β-unsaturated/α-hetero) is 1. The maximum atomic E-state index is 12.9. The van der Waals surface area contributed by atoms with Crippen molar-refractivity contribution in [3.05, 3.63) is 82.4 Å². The summed E-state index contributed by atoms with van der Waals surface area (Å²) >= 11 is 1.47. The lowest BCUT2D eigenvalue weighted by Gasteiger charge is -2.18. The molecule has 1 saturated carbocycles. The molecule has 1 aliphatic carbocycles. The van der Waals surface area contributed by atoms with Crippen LogP contribution in [0.5, 0.6) is 0 Å². The van der Waals surface area contributed by atoms with Gasteiger partial charge in [-0.2, -0.15) is 0 Å². The first kappa shape index (κ1) is 15.9. The number of benzene rings is 2. The van der Waals surface area contributed by atoms with Crippen LogP contribution < -0.4 is 4.90 Å². The topological polar surface area (TPSA) is 37.4 Å². The van der Waals surface area contributed by atoms with Crippen LogP contribution >= 0.6 is 11.8 Å². The zero-order valence-corrected chi connectivity index (χ0v) is 14.5. The zero-order valence-electron chi connectivity index (χ0n) is 13.6. The van der Waals surface area contributed by atoms with E-state index in [0.29, 0.717) is 12.2 Å². The summed E-state index contributed by atoms with van der Waals surface area (Å²) < 4.78 is 0. The molecule has 1 heterocycles. The van der Waals surface area contributed by atoms with Gasteiger partial charge < -0.3 is 0 Å². The average Bonchev–Trinajstić information content (AvgIpc) is 3.20. The maximum absolute atomic E-state index is 12.9. The van der Waals surface area contributed by atoms with E-state index in [2.05, 4.69) is 0 Å². The fourth-order valence-corrected chi connectivity index (χ4v) is 4.30. The van der Waals surface area contributed by atoms with Crippen LogP contribution in [0.2, 0.25) is 0 Å². The molecule has 1 amide bonds. The number of hydrogen-bond donors (Lipinski definition) is 0. The number of para-hydroxylation sites is 1. The third kappa shape index (κ3) is 3.05. The summed E-state index contributed by atoms with van der Waals surface area (Å²) in [5.41, 5.74) is 3.45. The van der Waals surface area contributed by atoms with Crippen molar-refractivity contribution in [2.45, 2.75) is 12.8 Å². The number of amides is 1. The van der Waals surface area contributed by atoms with E-state index in [1.165, 1.54) is 11.8 Å². The van der Waals surface area contributed by atoms with Crippen LogP contribution in [0.4, 0.5) is 5.69 Å². The van der Waals surface area contributed by atoms with Gasteiger partial charge in [0.2, 0.25) is 5.91 Å². The van der Waals surface area contributed by atoms with E-state index in [4.69, 9.17) is 0 Å². The molecule has 2 aromatic carbocycles. The van der Waals surface area contributed by atoms with E-state index >= 15 is 0 Å². The second kappa shape index (κ2) is 6.73. The van der Waals surface area contributed by atoms with Gasteiger partial charge in [0.1, 0.15) is 0 Å². The monoisotopic (exact) mass is 347 g/mol. The lowest BCUT2D eigenvalue weighted by Crippen LogP contribution is -2.25. The Kier molecular flexibility index (Phi) is 4.28. The van der Waals surface area contributed by atoms with Crippen molar-refractivity contribution in [2.24, 2.45) is 0 Å². The molecule has 124 valence electrons. The number of thioether (sulfide) groups is 1. The first-order valence-electron chi connectivity index (χ1n) is 8.28. The number of carbonyl (C=O) groups excluding carboxylic acids is 2. The molecule has 0 spiro atoms. The minimum absolute atomic E-state index is 0.0342. The first-order chi connectivity index (χ1) is 12.2. The zero-order chi connectivity index (χ0) is 17.2. The van der Waals surface area contributed by atoms with E-state index in [0.717, 1.165) is 33.8 Å². The highest BCUT2D eigenvalue weighted by Crippen LogP contribution is 2.41. The smallest absolute Gasteiger partial charge is 0.242 e. The van der Waals surface area contributed by atoms with Crippen molar-refractivity contribution >= 4 is 35.2 Å². The Morgan fingerprint density at radius 3 is 2.28 bits per heavy atom. The van der Waals surface area contributed by atoms with Crippen molar-refractivity contribution in [1.29, 1.82) is 0 Å². The first-order valence-corrected chi connectivity index (χ1v) is 9.27. The lowest BCUT2D eigenvalue weighted by molar-refractivity contribution is -0.115. The second-order valence-electron chi connectivity index (χ2n) is 6.05. The summed E-state index contributed by atoms with van der Waals surface area (Å²) in [5.74, 6) is 0.493. The van der Waals surface area contributed by atoms with Gasteiger partial charge in [0.05, 0.1) is 10.8 Å². The number of allylic oxidation sites excluding steroid dienone is 2. The quantitative estimate of drug-likeness (QED) is 0.755. The molecule has 1 saturated heterocycles. The summed E-state index contributed by atoms with van der Waals surface area (Å²) in [6, 6.07) is 19.4. The van der Waals surface area contributed by atoms with Crippen LogP contribution in [-0.2, 0) is 9.59 Å². The molecule has 4 rings (SSSR count).